The zero-order valence-electron chi connectivity index (χ0n) is 15.9. The Labute approximate surface area is 154 Å². The molecule has 0 saturated heterocycles. The Balaban J connectivity index is 2.10. The van der Waals surface area contributed by atoms with Crippen molar-refractivity contribution in [3.63, 3.8) is 0 Å². The van der Waals surface area contributed by atoms with Gasteiger partial charge in [-0.15, -0.1) is 0 Å². The lowest BCUT2D eigenvalue weighted by atomic mass is 9.83. The highest BCUT2D eigenvalue weighted by Crippen LogP contribution is 2.29. The molecule has 1 saturated carbocycles. The van der Waals surface area contributed by atoms with Gasteiger partial charge in [-0.2, -0.15) is 0 Å². The summed E-state index contributed by atoms with van der Waals surface area (Å²) < 4.78 is 28.6. The van der Waals surface area contributed by atoms with Gasteiger partial charge in [0.05, 0.1) is 4.90 Å². The van der Waals surface area contributed by atoms with Crippen LogP contribution in [0.2, 0.25) is 0 Å². The van der Waals surface area contributed by atoms with E-state index in [9.17, 15) is 8.42 Å². The van der Waals surface area contributed by atoms with Gasteiger partial charge < -0.3 is 0 Å². The van der Waals surface area contributed by atoms with Gasteiger partial charge >= 0.3 is 0 Å². The second-order valence-electron chi connectivity index (χ2n) is 7.78. The lowest BCUT2D eigenvalue weighted by Crippen LogP contribution is -2.40. The second-order valence-corrected chi connectivity index (χ2v) is 9.49. The molecule has 2 rings (SSSR count). The number of benzene rings is 1. The smallest absolute Gasteiger partial charge is 0.207 e. The summed E-state index contributed by atoms with van der Waals surface area (Å²) in [6.07, 6.45) is 12.1. The molecule has 1 fully saturated rings. The predicted molar refractivity (Wildman–Crippen MR) is 105 cm³/mol. The molecule has 140 valence electrons. The number of sulfonamides is 1. The summed E-state index contributed by atoms with van der Waals surface area (Å²) in [5.41, 5.74) is 1.07. The second kappa shape index (κ2) is 9.54. The van der Waals surface area contributed by atoms with Crippen LogP contribution in [0.1, 0.15) is 64.4 Å². The van der Waals surface area contributed by atoms with E-state index in [1.54, 1.807) is 12.1 Å². The maximum absolute atomic E-state index is 12.8. The fraction of sp³-hybridized carbons (Fsp3) is 0.619. The minimum absolute atomic E-state index is 0.00462. The molecule has 1 unspecified atom stereocenters. The van der Waals surface area contributed by atoms with Gasteiger partial charge in [0.1, 0.15) is 0 Å². The predicted octanol–water partition coefficient (Wildman–Crippen LogP) is 5.21. The molecular formula is C21H33NO2S. The van der Waals surface area contributed by atoms with Crippen LogP contribution in [0.5, 0.6) is 0 Å². The molecule has 0 spiro atoms. The number of nitrogens with one attached hydrogen (secondary N) is 1. The highest BCUT2D eigenvalue weighted by atomic mass is 32.2. The molecule has 0 heterocycles. The SMILES string of the molecule is Cc1ccc(S(=O)(=O)NC(C/C=C/CC(C)C)C2CCCCC2)cc1. The van der Waals surface area contributed by atoms with Crippen molar-refractivity contribution in [3.05, 3.63) is 42.0 Å². The Hall–Kier alpha value is -1.13. The Morgan fingerprint density at radius 2 is 1.64 bits per heavy atom. The zero-order valence-corrected chi connectivity index (χ0v) is 16.7. The summed E-state index contributed by atoms with van der Waals surface area (Å²) in [5.74, 6) is 1.08. The largest absolute Gasteiger partial charge is 0.240 e. The Morgan fingerprint density at radius 3 is 2.24 bits per heavy atom. The van der Waals surface area contributed by atoms with E-state index in [2.05, 4.69) is 30.7 Å². The van der Waals surface area contributed by atoms with E-state index in [0.29, 0.717) is 16.7 Å². The average Bonchev–Trinajstić information content (AvgIpc) is 2.58. The van der Waals surface area contributed by atoms with E-state index in [0.717, 1.165) is 31.2 Å². The van der Waals surface area contributed by atoms with Crippen molar-refractivity contribution in [3.8, 4) is 0 Å². The first kappa shape index (κ1) is 20.2. The monoisotopic (exact) mass is 363 g/mol. The van der Waals surface area contributed by atoms with E-state index in [1.165, 1.54) is 19.3 Å². The van der Waals surface area contributed by atoms with Crippen molar-refractivity contribution in [1.82, 2.24) is 4.72 Å². The molecule has 3 nitrogen and oxygen atoms in total. The van der Waals surface area contributed by atoms with E-state index in [-0.39, 0.29) is 6.04 Å². The third kappa shape index (κ3) is 6.59. The van der Waals surface area contributed by atoms with Crippen molar-refractivity contribution in [2.45, 2.75) is 76.7 Å². The number of rotatable bonds is 8. The van der Waals surface area contributed by atoms with Crippen LogP contribution in [0.15, 0.2) is 41.3 Å². The number of allylic oxidation sites excluding steroid dienone is 1. The molecule has 1 atom stereocenters. The lowest BCUT2D eigenvalue weighted by molar-refractivity contribution is 0.291. The van der Waals surface area contributed by atoms with Gasteiger partial charge in [-0.3, -0.25) is 0 Å². The fourth-order valence-corrected chi connectivity index (χ4v) is 4.79. The average molecular weight is 364 g/mol. The molecule has 0 bridgehead atoms. The fourth-order valence-electron chi connectivity index (χ4n) is 3.47. The molecule has 1 aromatic carbocycles. The van der Waals surface area contributed by atoms with Crippen LogP contribution in [0.25, 0.3) is 0 Å². The Morgan fingerprint density at radius 1 is 1.04 bits per heavy atom. The standard InChI is InChI=1S/C21H33NO2S/c1-17(2)9-7-8-12-21(19-10-5-4-6-11-19)22-25(23,24)20-15-13-18(3)14-16-20/h7-8,13-17,19,21-22H,4-6,9-12H2,1-3H3/b8-7+. The quantitative estimate of drug-likeness (QED) is 0.644. The summed E-state index contributed by atoms with van der Waals surface area (Å²) in [6, 6.07) is 7.10. The molecule has 4 heteroatoms. The molecular weight excluding hydrogens is 330 g/mol. The van der Waals surface area contributed by atoms with Gasteiger partial charge in [0.2, 0.25) is 10.0 Å². The summed E-state index contributed by atoms with van der Waals surface area (Å²) in [5, 5.41) is 0. The first-order chi connectivity index (χ1) is 11.9. The van der Waals surface area contributed by atoms with Crippen LogP contribution in [0.4, 0.5) is 0 Å². The van der Waals surface area contributed by atoms with Crippen LogP contribution >= 0.6 is 0 Å². The van der Waals surface area contributed by atoms with Gasteiger partial charge in [-0.1, -0.05) is 63.0 Å². The molecule has 1 N–H and O–H groups in total. The first-order valence-electron chi connectivity index (χ1n) is 9.62. The minimum atomic E-state index is -3.46. The maximum atomic E-state index is 12.8. The molecule has 0 aromatic heterocycles. The van der Waals surface area contributed by atoms with Crippen LogP contribution < -0.4 is 4.72 Å². The molecule has 0 radical (unpaired) electrons. The van der Waals surface area contributed by atoms with E-state index < -0.39 is 10.0 Å². The Kier molecular flexibility index (Phi) is 7.70. The number of hydrogen-bond acceptors (Lipinski definition) is 2. The molecule has 0 amide bonds. The lowest BCUT2D eigenvalue weighted by Gasteiger charge is -2.30. The summed E-state index contributed by atoms with van der Waals surface area (Å²) in [7, 11) is -3.46. The zero-order chi connectivity index (χ0) is 18.3. The third-order valence-corrected chi connectivity index (χ3v) is 6.53. The third-order valence-electron chi connectivity index (χ3n) is 5.02. The van der Waals surface area contributed by atoms with Crippen molar-refractivity contribution < 1.29 is 8.42 Å². The topological polar surface area (TPSA) is 46.2 Å². The summed E-state index contributed by atoms with van der Waals surface area (Å²) in [6.45, 7) is 6.36. The van der Waals surface area contributed by atoms with Crippen molar-refractivity contribution in [2.75, 3.05) is 0 Å². The first-order valence-corrected chi connectivity index (χ1v) is 11.1. The molecule has 25 heavy (non-hydrogen) atoms. The van der Waals surface area contributed by atoms with Crippen molar-refractivity contribution in [1.29, 1.82) is 0 Å². The highest BCUT2D eigenvalue weighted by Gasteiger charge is 2.27. The van der Waals surface area contributed by atoms with E-state index >= 15 is 0 Å². The van der Waals surface area contributed by atoms with Gasteiger partial charge in [0, 0.05) is 6.04 Å². The number of hydrogen-bond donors (Lipinski definition) is 1. The van der Waals surface area contributed by atoms with Gasteiger partial charge in [-0.25, -0.2) is 13.1 Å². The molecule has 0 aliphatic heterocycles. The normalized spacial score (nSPS) is 18.1. The number of aryl methyl sites for hydroxylation is 1. The van der Waals surface area contributed by atoms with Gasteiger partial charge in [0.15, 0.2) is 0 Å². The van der Waals surface area contributed by atoms with Gasteiger partial charge in [-0.05, 0) is 56.6 Å². The summed E-state index contributed by atoms with van der Waals surface area (Å²) in [4.78, 5) is 0.366. The van der Waals surface area contributed by atoms with Crippen LogP contribution in [-0.4, -0.2) is 14.5 Å². The highest BCUT2D eigenvalue weighted by molar-refractivity contribution is 7.89. The minimum Gasteiger partial charge on any atom is -0.207 e. The summed E-state index contributed by atoms with van der Waals surface area (Å²) >= 11 is 0. The van der Waals surface area contributed by atoms with E-state index in [4.69, 9.17) is 0 Å². The van der Waals surface area contributed by atoms with Crippen molar-refractivity contribution >= 4 is 10.0 Å². The van der Waals surface area contributed by atoms with Crippen molar-refractivity contribution in [2.24, 2.45) is 11.8 Å². The molecule has 1 aromatic rings. The Bertz CT molecular complexity index is 641. The molecule has 1 aliphatic carbocycles. The van der Waals surface area contributed by atoms with Crippen LogP contribution in [-0.2, 0) is 10.0 Å². The van der Waals surface area contributed by atoms with Gasteiger partial charge in [0.25, 0.3) is 0 Å². The van der Waals surface area contributed by atoms with E-state index in [1.807, 2.05) is 19.1 Å². The van der Waals surface area contributed by atoms with Crippen LogP contribution in [0, 0.1) is 18.8 Å². The maximum Gasteiger partial charge on any atom is 0.240 e. The van der Waals surface area contributed by atoms with Crippen LogP contribution in [0.3, 0.4) is 0 Å². The molecule has 1 aliphatic rings.